The number of benzene rings is 3. The van der Waals surface area contributed by atoms with Crippen molar-refractivity contribution >= 4 is 0 Å². The maximum atomic E-state index is 5.52. The normalized spacial score (nSPS) is 10.6. The molecule has 0 bridgehead atoms. The van der Waals surface area contributed by atoms with Crippen LogP contribution >= 0.6 is 0 Å². The van der Waals surface area contributed by atoms with Crippen LogP contribution in [0.4, 0.5) is 0 Å². The second-order valence-corrected chi connectivity index (χ2v) is 6.04. The molecular formula is C23H23O3. The van der Waals surface area contributed by atoms with E-state index in [0.717, 1.165) is 29.2 Å². The minimum atomic E-state index is 0.197. The highest BCUT2D eigenvalue weighted by molar-refractivity contribution is 5.42. The fraction of sp³-hybridized carbons (Fsp3) is 0.217. The van der Waals surface area contributed by atoms with E-state index in [1.165, 1.54) is 11.1 Å². The van der Waals surface area contributed by atoms with Crippen molar-refractivity contribution in [3.8, 4) is 17.2 Å². The third-order valence-electron chi connectivity index (χ3n) is 4.59. The Bertz CT molecular complexity index is 775. The number of ether oxygens (including phenoxy) is 3. The molecule has 0 aliphatic rings. The Balaban J connectivity index is 1.99. The molecule has 0 saturated carbocycles. The second-order valence-electron chi connectivity index (χ2n) is 6.04. The van der Waals surface area contributed by atoms with Gasteiger partial charge in [-0.15, -0.1) is 0 Å². The maximum absolute atomic E-state index is 5.52. The molecule has 3 rings (SSSR count). The Labute approximate surface area is 155 Å². The fourth-order valence-corrected chi connectivity index (χ4v) is 3.13. The topological polar surface area (TPSA) is 27.7 Å². The fourth-order valence-electron chi connectivity index (χ4n) is 3.13. The van der Waals surface area contributed by atoms with Crippen molar-refractivity contribution in [2.45, 2.75) is 12.3 Å². The molecule has 3 aromatic carbocycles. The van der Waals surface area contributed by atoms with Crippen LogP contribution in [0, 0.1) is 6.07 Å². The molecule has 0 N–H and O–H groups in total. The van der Waals surface area contributed by atoms with Gasteiger partial charge >= 0.3 is 0 Å². The van der Waals surface area contributed by atoms with E-state index in [4.69, 9.17) is 14.2 Å². The van der Waals surface area contributed by atoms with Crippen LogP contribution in [-0.2, 0) is 6.42 Å². The number of hydrogen-bond acceptors (Lipinski definition) is 3. The molecule has 0 heterocycles. The molecule has 0 spiro atoms. The summed E-state index contributed by atoms with van der Waals surface area (Å²) in [5.74, 6) is 2.77. The van der Waals surface area contributed by atoms with Crippen LogP contribution in [0.25, 0.3) is 0 Å². The first-order chi connectivity index (χ1) is 12.7. The highest BCUT2D eigenvalue weighted by Gasteiger charge is 2.17. The zero-order valence-electron chi connectivity index (χ0n) is 15.4. The van der Waals surface area contributed by atoms with E-state index in [0.29, 0.717) is 0 Å². The molecule has 3 heteroatoms. The van der Waals surface area contributed by atoms with Gasteiger partial charge in [0.2, 0.25) is 0 Å². The minimum absolute atomic E-state index is 0.197. The maximum Gasteiger partial charge on any atom is 0.122 e. The Hall–Kier alpha value is -2.94. The van der Waals surface area contributed by atoms with E-state index in [-0.39, 0.29) is 5.92 Å². The molecule has 3 aromatic rings. The van der Waals surface area contributed by atoms with Crippen LogP contribution in [0.3, 0.4) is 0 Å². The lowest BCUT2D eigenvalue weighted by atomic mass is 9.85. The number of hydrogen-bond donors (Lipinski definition) is 0. The SMILES string of the molecule is COc1ccc(C(Cc2cc[c]cc2OC)c2ccc(OC)cc2)cc1. The van der Waals surface area contributed by atoms with Crippen molar-refractivity contribution in [1.29, 1.82) is 0 Å². The highest BCUT2D eigenvalue weighted by Crippen LogP contribution is 2.33. The van der Waals surface area contributed by atoms with E-state index >= 15 is 0 Å². The Morgan fingerprint density at radius 2 is 1.27 bits per heavy atom. The number of methoxy groups -OCH3 is 3. The molecule has 0 aliphatic heterocycles. The summed E-state index contributed by atoms with van der Waals surface area (Å²) in [6.07, 6.45) is 0.830. The van der Waals surface area contributed by atoms with Gasteiger partial charge in [-0.05, 0) is 59.5 Å². The van der Waals surface area contributed by atoms with Gasteiger partial charge in [0.1, 0.15) is 17.2 Å². The first-order valence-corrected chi connectivity index (χ1v) is 8.56. The average molecular weight is 347 g/mol. The van der Waals surface area contributed by atoms with Gasteiger partial charge in [-0.1, -0.05) is 36.4 Å². The lowest BCUT2D eigenvalue weighted by Crippen LogP contribution is -2.06. The van der Waals surface area contributed by atoms with Crippen molar-refractivity contribution in [2.24, 2.45) is 0 Å². The van der Waals surface area contributed by atoms with E-state index in [1.807, 2.05) is 36.4 Å². The zero-order chi connectivity index (χ0) is 18.4. The molecule has 26 heavy (non-hydrogen) atoms. The second kappa shape index (κ2) is 8.43. The van der Waals surface area contributed by atoms with Crippen molar-refractivity contribution in [3.63, 3.8) is 0 Å². The van der Waals surface area contributed by atoms with Gasteiger partial charge in [-0.2, -0.15) is 0 Å². The molecular weight excluding hydrogens is 324 g/mol. The van der Waals surface area contributed by atoms with E-state index in [9.17, 15) is 0 Å². The molecule has 0 fully saturated rings. The minimum Gasteiger partial charge on any atom is -0.497 e. The van der Waals surface area contributed by atoms with E-state index in [1.54, 1.807) is 21.3 Å². The quantitative estimate of drug-likeness (QED) is 0.609. The van der Waals surface area contributed by atoms with Gasteiger partial charge < -0.3 is 14.2 Å². The summed E-state index contributed by atoms with van der Waals surface area (Å²) < 4.78 is 16.1. The standard InChI is InChI=1S/C23H23O3/c1-24-20-12-8-17(9-13-20)22(18-10-14-21(25-2)15-11-18)16-19-6-4-5-7-23(19)26-3/h4,6-15,22H,16H2,1-3H3. The van der Waals surface area contributed by atoms with Gasteiger partial charge in [-0.3, -0.25) is 0 Å². The number of rotatable bonds is 7. The van der Waals surface area contributed by atoms with Gasteiger partial charge in [-0.25, -0.2) is 0 Å². The molecule has 0 aromatic heterocycles. The first-order valence-electron chi connectivity index (χ1n) is 8.56. The third kappa shape index (κ3) is 3.99. The molecule has 3 nitrogen and oxygen atoms in total. The van der Waals surface area contributed by atoms with Crippen LogP contribution in [0.2, 0.25) is 0 Å². The monoisotopic (exact) mass is 347 g/mol. The Kier molecular flexibility index (Phi) is 5.80. The summed E-state index contributed by atoms with van der Waals surface area (Å²) >= 11 is 0. The molecule has 0 atom stereocenters. The van der Waals surface area contributed by atoms with E-state index in [2.05, 4.69) is 36.4 Å². The highest BCUT2D eigenvalue weighted by atomic mass is 16.5. The first kappa shape index (κ1) is 17.9. The van der Waals surface area contributed by atoms with E-state index < -0.39 is 0 Å². The largest absolute Gasteiger partial charge is 0.497 e. The molecule has 0 saturated heterocycles. The van der Waals surface area contributed by atoms with Gasteiger partial charge in [0.05, 0.1) is 21.3 Å². The molecule has 0 unspecified atom stereocenters. The summed E-state index contributed by atoms with van der Waals surface area (Å²) in [6.45, 7) is 0. The summed E-state index contributed by atoms with van der Waals surface area (Å²) in [5.41, 5.74) is 3.61. The molecule has 0 aliphatic carbocycles. The Morgan fingerprint density at radius 3 is 1.73 bits per heavy atom. The van der Waals surface area contributed by atoms with Crippen LogP contribution in [-0.4, -0.2) is 21.3 Å². The lowest BCUT2D eigenvalue weighted by Gasteiger charge is -2.20. The summed E-state index contributed by atoms with van der Waals surface area (Å²) in [7, 11) is 5.06. The smallest absolute Gasteiger partial charge is 0.122 e. The molecule has 0 amide bonds. The third-order valence-corrected chi connectivity index (χ3v) is 4.59. The van der Waals surface area contributed by atoms with Crippen molar-refractivity contribution < 1.29 is 14.2 Å². The molecule has 133 valence electrons. The van der Waals surface area contributed by atoms with Gasteiger partial charge in [0.15, 0.2) is 0 Å². The van der Waals surface area contributed by atoms with Crippen LogP contribution in [0.1, 0.15) is 22.6 Å². The van der Waals surface area contributed by atoms with Crippen LogP contribution in [0.15, 0.2) is 66.7 Å². The summed E-state index contributed by atoms with van der Waals surface area (Å²) in [5, 5.41) is 0. The summed E-state index contributed by atoms with van der Waals surface area (Å²) in [4.78, 5) is 0. The zero-order valence-corrected chi connectivity index (χ0v) is 15.4. The van der Waals surface area contributed by atoms with Crippen molar-refractivity contribution in [3.05, 3.63) is 89.5 Å². The van der Waals surface area contributed by atoms with Crippen LogP contribution in [0.5, 0.6) is 17.2 Å². The van der Waals surface area contributed by atoms with Crippen molar-refractivity contribution in [2.75, 3.05) is 21.3 Å². The molecule has 1 radical (unpaired) electrons. The van der Waals surface area contributed by atoms with Gasteiger partial charge in [0, 0.05) is 5.92 Å². The predicted molar refractivity (Wildman–Crippen MR) is 103 cm³/mol. The van der Waals surface area contributed by atoms with Crippen molar-refractivity contribution in [1.82, 2.24) is 0 Å². The van der Waals surface area contributed by atoms with Gasteiger partial charge in [0.25, 0.3) is 0 Å². The Morgan fingerprint density at radius 1 is 0.731 bits per heavy atom. The lowest BCUT2D eigenvalue weighted by molar-refractivity contribution is 0.408. The summed E-state index contributed by atoms with van der Waals surface area (Å²) in [6, 6.07) is 25.4. The predicted octanol–water partition coefficient (Wildman–Crippen LogP) is 4.89. The average Bonchev–Trinajstić information content (AvgIpc) is 2.72. The van der Waals surface area contributed by atoms with Crippen LogP contribution < -0.4 is 14.2 Å².